The SMILES string of the molecule is C1=CC2c3ccc4c5ccccc5n(-c5ccc6oc7ccccc7c6c5)c4c3N(C3=CC(c4ccccc4)=CCC3)C2C=C1. The Morgan fingerprint density at radius 2 is 1.47 bits per heavy atom. The molecule has 1 aliphatic heterocycles. The number of furan rings is 1. The third kappa shape index (κ3) is 3.58. The predicted octanol–water partition coefficient (Wildman–Crippen LogP) is 10.8. The van der Waals surface area contributed by atoms with E-state index in [0.29, 0.717) is 5.92 Å². The lowest BCUT2D eigenvalue weighted by Crippen LogP contribution is -2.33. The Kier molecular flexibility index (Phi) is 5.23. The highest BCUT2D eigenvalue weighted by Gasteiger charge is 2.40. The number of fused-ring (bicyclic) bond motifs is 10. The van der Waals surface area contributed by atoms with Crippen molar-refractivity contribution in [3.63, 3.8) is 0 Å². The molecule has 7 aromatic rings. The van der Waals surface area contributed by atoms with Crippen molar-refractivity contribution in [2.75, 3.05) is 4.90 Å². The predicted molar refractivity (Wildman–Crippen MR) is 187 cm³/mol. The van der Waals surface area contributed by atoms with Gasteiger partial charge in [-0.05, 0) is 65.9 Å². The van der Waals surface area contributed by atoms with Gasteiger partial charge in [-0.1, -0.05) is 109 Å². The van der Waals surface area contributed by atoms with Crippen molar-refractivity contribution >= 4 is 55.0 Å². The summed E-state index contributed by atoms with van der Waals surface area (Å²) in [6.45, 7) is 0. The molecule has 2 unspecified atom stereocenters. The summed E-state index contributed by atoms with van der Waals surface area (Å²) in [5.74, 6) is 0.299. The van der Waals surface area contributed by atoms with E-state index in [9.17, 15) is 0 Å². The molecule has 0 amide bonds. The van der Waals surface area contributed by atoms with Crippen LogP contribution in [0.4, 0.5) is 5.69 Å². The number of anilines is 1. The van der Waals surface area contributed by atoms with Gasteiger partial charge in [0, 0.05) is 38.8 Å². The summed E-state index contributed by atoms with van der Waals surface area (Å²) in [5, 5.41) is 4.85. The molecule has 2 aliphatic carbocycles. The summed E-state index contributed by atoms with van der Waals surface area (Å²) in [7, 11) is 0. The molecular weight excluding hydrogens is 548 g/mol. The van der Waals surface area contributed by atoms with E-state index < -0.39 is 0 Å². The molecule has 2 aromatic heterocycles. The van der Waals surface area contributed by atoms with Crippen LogP contribution < -0.4 is 4.90 Å². The quantitative estimate of drug-likeness (QED) is 0.208. The Labute approximate surface area is 261 Å². The Morgan fingerprint density at radius 1 is 0.667 bits per heavy atom. The number of benzene rings is 5. The highest BCUT2D eigenvalue weighted by Crippen LogP contribution is 2.52. The molecule has 0 fully saturated rings. The molecule has 2 atom stereocenters. The number of hydrogen-bond donors (Lipinski definition) is 0. The van der Waals surface area contributed by atoms with Crippen LogP contribution in [0.2, 0.25) is 0 Å². The van der Waals surface area contributed by atoms with Gasteiger partial charge in [0.15, 0.2) is 0 Å². The summed E-state index contributed by atoms with van der Waals surface area (Å²) >= 11 is 0. The zero-order valence-corrected chi connectivity index (χ0v) is 24.7. The summed E-state index contributed by atoms with van der Waals surface area (Å²) in [4.78, 5) is 2.67. The second-order valence-electron chi connectivity index (χ2n) is 12.4. The maximum atomic E-state index is 6.24. The van der Waals surface area contributed by atoms with Crippen molar-refractivity contribution in [1.82, 2.24) is 4.57 Å². The summed E-state index contributed by atoms with van der Waals surface area (Å²) in [6.07, 6.45) is 16.1. The number of allylic oxidation sites excluding steroid dienone is 6. The minimum atomic E-state index is 0.240. The number of aromatic nitrogens is 1. The van der Waals surface area contributed by atoms with Gasteiger partial charge < -0.3 is 13.9 Å². The molecule has 0 bridgehead atoms. The molecule has 214 valence electrons. The lowest BCUT2D eigenvalue weighted by molar-refractivity contribution is 0.669. The monoisotopic (exact) mass is 578 g/mol. The fourth-order valence-corrected chi connectivity index (χ4v) is 8.02. The summed E-state index contributed by atoms with van der Waals surface area (Å²) in [6, 6.07) is 39.7. The van der Waals surface area contributed by atoms with Gasteiger partial charge in [-0.25, -0.2) is 0 Å². The lowest BCUT2D eigenvalue weighted by atomic mass is 9.90. The van der Waals surface area contributed by atoms with Crippen molar-refractivity contribution < 1.29 is 4.42 Å². The zero-order chi connectivity index (χ0) is 29.5. The highest BCUT2D eigenvalue weighted by atomic mass is 16.3. The first-order chi connectivity index (χ1) is 22.3. The Morgan fingerprint density at radius 3 is 2.40 bits per heavy atom. The van der Waals surface area contributed by atoms with E-state index in [-0.39, 0.29) is 6.04 Å². The third-order valence-corrected chi connectivity index (χ3v) is 9.97. The normalized spacial score (nSPS) is 19.0. The van der Waals surface area contributed by atoms with E-state index in [1.54, 1.807) is 0 Å². The van der Waals surface area contributed by atoms with E-state index >= 15 is 0 Å². The fourth-order valence-electron chi connectivity index (χ4n) is 8.02. The number of rotatable bonds is 3. The lowest BCUT2D eigenvalue weighted by Gasteiger charge is -2.33. The van der Waals surface area contributed by atoms with Crippen LogP contribution in [0.3, 0.4) is 0 Å². The largest absolute Gasteiger partial charge is 0.456 e. The molecule has 0 N–H and O–H groups in total. The first-order valence-corrected chi connectivity index (χ1v) is 15.9. The van der Waals surface area contributed by atoms with Gasteiger partial charge in [0.1, 0.15) is 11.2 Å². The van der Waals surface area contributed by atoms with Gasteiger partial charge in [0.25, 0.3) is 0 Å². The number of hydrogen-bond acceptors (Lipinski definition) is 2. The maximum Gasteiger partial charge on any atom is 0.135 e. The Bertz CT molecular complexity index is 2450. The van der Waals surface area contributed by atoms with Crippen LogP contribution in [0, 0.1) is 0 Å². The maximum absolute atomic E-state index is 6.24. The van der Waals surface area contributed by atoms with Crippen LogP contribution in [0.25, 0.3) is 55.0 Å². The molecule has 0 saturated heterocycles. The Balaban J connectivity index is 1.27. The van der Waals surface area contributed by atoms with E-state index in [0.717, 1.165) is 40.5 Å². The molecular formula is C42H30N2O. The standard InChI is InChI=1S/C42H30N2O/c1-2-11-27(12-3-1)28-13-10-14-29(25-28)43-37-18-7-4-15-31(37)34-22-23-35-32-16-5-8-19-38(32)44(42(35)41(34)43)30-21-24-40-36(26-30)33-17-6-9-20-39(33)45-40/h1-9,11-13,15-26,31,37H,10,14H2. The molecule has 10 rings (SSSR count). The molecule has 3 aliphatic rings. The number of para-hydroxylation sites is 2. The molecule has 0 spiro atoms. The van der Waals surface area contributed by atoms with Crippen LogP contribution in [-0.4, -0.2) is 10.6 Å². The second kappa shape index (κ2) is 9.48. The van der Waals surface area contributed by atoms with Gasteiger partial charge in [0.05, 0.1) is 22.8 Å². The van der Waals surface area contributed by atoms with Gasteiger partial charge in [-0.15, -0.1) is 0 Å². The van der Waals surface area contributed by atoms with E-state index in [2.05, 4.69) is 149 Å². The topological polar surface area (TPSA) is 21.3 Å². The Hall–Kier alpha value is -5.54. The number of nitrogens with zero attached hydrogens (tertiary/aromatic N) is 2. The molecule has 3 heterocycles. The zero-order valence-electron chi connectivity index (χ0n) is 24.7. The van der Waals surface area contributed by atoms with Crippen molar-refractivity contribution in [3.8, 4) is 5.69 Å². The summed E-state index contributed by atoms with van der Waals surface area (Å²) < 4.78 is 8.74. The molecule has 0 saturated carbocycles. The molecule has 5 aromatic carbocycles. The average Bonchev–Trinajstić information content (AvgIpc) is 3.76. The average molecular weight is 579 g/mol. The van der Waals surface area contributed by atoms with E-state index in [1.807, 2.05) is 6.07 Å². The van der Waals surface area contributed by atoms with Crippen molar-refractivity contribution in [1.29, 1.82) is 0 Å². The molecule has 3 nitrogen and oxygen atoms in total. The minimum absolute atomic E-state index is 0.240. The van der Waals surface area contributed by atoms with Crippen LogP contribution in [0.15, 0.2) is 156 Å². The van der Waals surface area contributed by atoms with E-state index in [4.69, 9.17) is 4.42 Å². The van der Waals surface area contributed by atoms with Gasteiger partial charge in [0.2, 0.25) is 0 Å². The molecule has 45 heavy (non-hydrogen) atoms. The third-order valence-electron chi connectivity index (χ3n) is 9.97. The van der Waals surface area contributed by atoms with E-state index in [1.165, 1.54) is 49.9 Å². The smallest absolute Gasteiger partial charge is 0.135 e. The van der Waals surface area contributed by atoms with Crippen molar-refractivity contribution in [2.45, 2.75) is 24.8 Å². The fraction of sp³-hybridized carbons (Fsp3) is 0.0952. The summed E-state index contributed by atoms with van der Waals surface area (Å²) in [5.41, 5.74) is 12.2. The van der Waals surface area contributed by atoms with Crippen LogP contribution >= 0.6 is 0 Å². The first kappa shape index (κ1) is 24.9. The van der Waals surface area contributed by atoms with Crippen molar-refractivity contribution in [2.24, 2.45) is 0 Å². The van der Waals surface area contributed by atoms with Crippen LogP contribution in [0.1, 0.15) is 29.9 Å². The van der Waals surface area contributed by atoms with Gasteiger partial charge in [-0.3, -0.25) is 0 Å². The van der Waals surface area contributed by atoms with Crippen molar-refractivity contribution in [3.05, 3.63) is 162 Å². The minimum Gasteiger partial charge on any atom is -0.456 e. The van der Waals surface area contributed by atoms with Crippen LogP contribution in [-0.2, 0) is 0 Å². The van der Waals surface area contributed by atoms with Gasteiger partial charge >= 0.3 is 0 Å². The molecule has 0 radical (unpaired) electrons. The van der Waals surface area contributed by atoms with Crippen LogP contribution in [0.5, 0.6) is 0 Å². The molecule has 3 heteroatoms. The highest BCUT2D eigenvalue weighted by molar-refractivity contribution is 6.15. The first-order valence-electron chi connectivity index (χ1n) is 15.9. The second-order valence-corrected chi connectivity index (χ2v) is 12.4. The van der Waals surface area contributed by atoms with Gasteiger partial charge in [-0.2, -0.15) is 0 Å².